The van der Waals surface area contributed by atoms with Gasteiger partial charge < -0.3 is 29.0 Å². The highest BCUT2D eigenvalue weighted by molar-refractivity contribution is 6.31. The molecule has 0 saturated carbocycles. The van der Waals surface area contributed by atoms with Gasteiger partial charge in [0.15, 0.2) is 0 Å². The molecule has 0 N–H and O–H groups in total. The number of halogens is 1. The van der Waals surface area contributed by atoms with Crippen LogP contribution in [0.15, 0.2) is 175 Å². The van der Waals surface area contributed by atoms with Crippen molar-refractivity contribution in [1.29, 1.82) is 0 Å². The zero-order valence-electron chi connectivity index (χ0n) is 55.3. The molecule has 18 rings (SSSR count). The molecule has 508 valence electrons. The number of hydrogen-bond acceptors (Lipinski definition) is 19. The number of fused-ring (bicyclic) bond motifs is 6. The molecule has 6 unspecified atom stereocenters. The van der Waals surface area contributed by atoms with E-state index in [9.17, 15) is 33.6 Å². The number of anilines is 4. The molecule has 6 amide bonds. The first-order valence-corrected chi connectivity index (χ1v) is 32.7. The van der Waals surface area contributed by atoms with Gasteiger partial charge in [0.2, 0.25) is 61.0 Å². The smallest absolute Gasteiger partial charge is 0.331 e. The zero-order valence-corrected chi connectivity index (χ0v) is 56.1. The zero-order chi connectivity index (χ0) is 69.3. The van der Waals surface area contributed by atoms with E-state index in [-0.39, 0.29) is 72.3 Å². The van der Waals surface area contributed by atoms with Crippen LogP contribution in [-0.2, 0) is 80.9 Å². The number of carbonyl (C=O) groups is 6. The summed E-state index contributed by atoms with van der Waals surface area (Å²) in [7, 11) is 1.77. The topological polar surface area (TPSA) is 275 Å². The Morgan fingerprint density at radius 2 is 0.636 bits per heavy atom. The lowest BCUT2D eigenvalue weighted by atomic mass is 10.1. The van der Waals surface area contributed by atoms with E-state index in [1.54, 1.807) is 79.1 Å². The summed E-state index contributed by atoms with van der Waals surface area (Å²) in [5.74, 6) is -0.290. The van der Waals surface area contributed by atoms with Crippen LogP contribution < -0.4 is 25.3 Å². The molecule has 1 aromatic heterocycles. The maximum Gasteiger partial charge on any atom is 0.331 e. The number of hydrogen-bond donors (Lipinski definition) is 0. The summed E-state index contributed by atoms with van der Waals surface area (Å²) in [5, 5.41) is 23.8. The average Bonchev–Trinajstić information content (AvgIpc) is 1.65. The Kier molecular flexibility index (Phi) is 18.8. The van der Waals surface area contributed by atoms with E-state index in [1.165, 1.54) is 0 Å². The maximum atomic E-state index is 12.2. The number of aryl methyl sites for hydroxylation is 1. The van der Waals surface area contributed by atoms with E-state index < -0.39 is 6.23 Å². The summed E-state index contributed by atoms with van der Waals surface area (Å²) in [6.07, 6.45) is 3.70. The molecule has 0 spiro atoms. The van der Waals surface area contributed by atoms with Gasteiger partial charge in [-0.25, -0.2) is 9.69 Å². The van der Waals surface area contributed by atoms with Crippen molar-refractivity contribution in [3.05, 3.63) is 188 Å². The van der Waals surface area contributed by atoms with Gasteiger partial charge in [-0.05, 0) is 118 Å². The third-order valence-corrected chi connectivity index (χ3v) is 18.1. The standard InChI is InChI=1S/C12H11ClN2O2.C12H13N3O2.C12H10N2O3.3C12H12N2O2/c1-7-4-12(17-14-7)15-10-6-9(13)3-2-8(10)5-11(15)16;1-8-7-11(17-13-8)15-10-6-4-3-5-9(10)14(2)12(15)16;1-7-6-10(17-13-7)14-11(15)8-4-2-3-5-9(8)12(14)16;3*1-8-6-12(16-13-8)14-10-5-3-2-4-9(10)7-11(14)15/h2-3,6,12H,4-5H2,1H3;3-6,11H,7H2,1-2H3;2-5,10H,6H2,1H3;3*2-5,12H,6-7H2,1H3. The lowest BCUT2D eigenvalue weighted by Gasteiger charge is -2.22. The average molecular weight is 1360 g/mol. The Bertz CT molecular complexity index is 4440. The van der Waals surface area contributed by atoms with Gasteiger partial charge >= 0.3 is 5.69 Å². The Hall–Kier alpha value is -11.3. The molecule has 6 atom stereocenters. The minimum Gasteiger partial charge on any atom is -0.370 e. The summed E-state index contributed by atoms with van der Waals surface area (Å²) >= 11 is 5.96. The summed E-state index contributed by atoms with van der Waals surface area (Å²) in [6, 6.07) is 43.4. The molecule has 27 heteroatoms. The van der Waals surface area contributed by atoms with Crippen molar-refractivity contribution >= 4 is 115 Å². The summed E-state index contributed by atoms with van der Waals surface area (Å²) in [6.45, 7) is 11.3. The third-order valence-electron chi connectivity index (χ3n) is 17.9. The number of amides is 6. The highest BCUT2D eigenvalue weighted by atomic mass is 35.5. The van der Waals surface area contributed by atoms with Crippen LogP contribution >= 0.6 is 11.6 Å². The van der Waals surface area contributed by atoms with E-state index >= 15 is 0 Å². The molecular formula is C72H70ClN13O13. The number of carbonyl (C=O) groups excluding carboxylic acids is 6. The Labute approximate surface area is 573 Å². The molecule has 11 aliphatic rings. The van der Waals surface area contributed by atoms with Crippen LogP contribution in [0.5, 0.6) is 0 Å². The predicted octanol–water partition coefficient (Wildman–Crippen LogP) is 10.5. The van der Waals surface area contributed by atoms with E-state index in [1.807, 2.05) is 138 Å². The molecule has 11 aliphatic heterocycles. The monoisotopic (exact) mass is 1360 g/mol. The van der Waals surface area contributed by atoms with Gasteiger partial charge in [0.1, 0.15) is 0 Å². The number of imide groups is 1. The summed E-state index contributed by atoms with van der Waals surface area (Å²) in [4.78, 5) is 123. The molecular weight excluding hydrogens is 1290 g/mol. The normalized spacial score (nSPS) is 22.2. The van der Waals surface area contributed by atoms with Crippen LogP contribution in [0.25, 0.3) is 11.0 Å². The van der Waals surface area contributed by atoms with E-state index in [2.05, 4.69) is 30.9 Å². The summed E-state index contributed by atoms with van der Waals surface area (Å²) in [5.41, 5.74) is 15.9. The number of nitrogens with zero attached hydrogens (tertiary/aromatic N) is 13. The number of rotatable bonds is 6. The molecule has 26 nitrogen and oxygen atoms in total. The fourth-order valence-corrected chi connectivity index (χ4v) is 13.3. The predicted molar refractivity (Wildman–Crippen MR) is 371 cm³/mol. The van der Waals surface area contributed by atoms with Crippen LogP contribution in [0.3, 0.4) is 0 Å². The van der Waals surface area contributed by atoms with Crippen LogP contribution in [0.1, 0.15) is 129 Å². The van der Waals surface area contributed by atoms with Crippen molar-refractivity contribution < 1.29 is 57.8 Å². The molecule has 6 aromatic carbocycles. The number of aromatic nitrogens is 2. The fourth-order valence-electron chi connectivity index (χ4n) is 13.2. The molecule has 7 aromatic rings. The molecule has 0 radical (unpaired) electrons. The highest BCUT2D eigenvalue weighted by Gasteiger charge is 2.44. The Morgan fingerprint density at radius 3 is 0.990 bits per heavy atom. The molecule has 12 heterocycles. The Balaban J connectivity index is 0.000000107. The fraction of sp³-hybridized carbons (Fsp3) is 0.319. The molecule has 0 fully saturated rings. The van der Waals surface area contributed by atoms with Crippen molar-refractivity contribution in [3.63, 3.8) is 0 Å². The van der Waals surface area contributed by atoms with Gasteiger partial charge in [-0.1, -0.05) is 127 Å². The minimum atomic E-state index is -0.595. The second-order valence-corrected chi connectivity index (χ2v) is 25.6. The van der Waals surface area contributed by atoms with Crippen molar-refractivity contribution in [2.75, 3.05) is 19.6 Å². The van der Waals surface area contributed by atoms with Crippen molar-refractivity contribution in [2.24, 2.45) is 38.0 Å². The third kappa shape index (κ3) is 13.5. The first-order chi connectivity index (χ1) is 47.8. The van der Waals surface area contributed by atoms with Crippen molar-refractivity contribution in [3.8, 4) is 0 Å². The van der Waals surface area contributed by atoms with Gasteiger partial charge in [-0.2, -0.15) is 0 Å². The van der Waals surface area contributed by atoms with Gasteiger partial charge in [0.05, 0.1) is 105 Å². The molecule has 99 heavy (non-hydrogen) atoms. The lowest BCUT2D eigenvalue weighted by molar-refractivity contribution is -0.120. The molecule has 0 aliphatic carbocycles. The van der Waals surface area contributed by atoms with Gasteiger partial charge in [0.25, 0.3) is 11.8 Å². The van der Waals surface area contributed by atoms with Crippen molar-refractivity contribution in [2.45, 2.75) is 143 Å². The molecule has 0 bridgehead atoms. The first-order valence-electron chi connectivity index (χ1n) is 32.4. The number of benzene rings is 6. The first kappa shape index (κ1) is 66.3. The van der Waals surface area contributed by atoms with Crippen LogP contribution in [-0.4, -0.2) is 115 Å². The number of imidazole rings is 1. The van der Waals surface area contributed by atoms with Crippen molar-refractivity contribution in [1.82, 2.24) is 14.0 Å². The highest BCUT2D eigenvalue weighted by Crippen LogP contribution is 2.38. The Morgan fingerprint density at radius 1 is 0.343 bits per heavy atom. The second kappa shape index (κ2) is 28.1. The number of para-hydroxylation sites is 5. The van der Waals surface area contributed by atoms with Crippen LogP contribution in [0.2, 0.25) is 5.02 Å². The lowest BCUT2D eigenvalue weighted by Crippen LogP contribution is -2.39. The van der Waals surface area contributed by atoms with E-state index in [0.29, 0.717) is 80.4 Å². The minimum absolute atomic E-state index is 0.0390. The SMILES string of the molecule is CC1=NOC(N2C(=O)Cc3ccc(Cl)cc32)C1.CC1=NOC(N2C(=O)Cc3ccccc32)C1.CC1=NOC(N2C(=O)Cc3ccccc32)C1.CC1=NOC(N2C(=O)Cc3ccccc32)C1.CC1=NOC(N2C(=O)c3ccccc3C2=O)C1.CC1=NOC(n2c(=O)n(C)c3ccccc32)C1. The van der Waals surface area contributed by atoms with Gasteiger partial charge in [-0.3, -0.25) is 57.5 Å². The quantitative estimate of drug-likeness (QED) is 0.140. The van der Waals surface area contributed by atoms with E-state index in [4.69, 9.17) is 40.6 Å². The maximum absolute atomic E-state index is 12.2. The number of oxime groups is 6. The van der Waals surface area contributed by atoms with Gasteiger partial charge in [-0.15, -0.1) is 0 Å². The summed E-state index contributed by atoms with van der Waals surface area (Å²) < 4.78 is 3.29. The van der Waals surface area contributed by atoms with Crippen LogP contribution in [0.4, 0.5) is 22.7 Å². The van der Waals surface area contributed by atoms with Gasteiger partial charge in [0, 0.05) is 50.6 Å². The van der Waals surface area contributed by atoms with Crippen LogP contribution in [0, 0.1) is 0 Å². The molecule has 0 saturated heterocycles. The largest absolute Gasteiger partial charge is 0.370 e. The second-order valence-electron chi connectivity index (χ2n) is 25.2. The van der Waals surface area contributed by atoms with E-state index in [0.717, 1.165) is 95.2 Å².